The van der Waals surface area contributed by atoms with E-state index >= 15 is 0 Å². The van der Waals surface area contributed by atoms with Crippen molar-refractivity contribution in [2.75, 3.05) is 32.8 Å². The second kappa shape index (κ2) is 12.5. The Morgan fingerprint density at radius 1 is 0.850 bits per heavy atom. The van der Waals surface area contributed by atoms with Crippen LogP contribution in [0.25, 0.3) is 0 Å². The average Bonchev–Trinajstić information content (AvgIpc) is 2.94. The molecule has 0 spiro atoms. The minimum atomic E-state index is -3.71. The maximum Gasteiger partial charge on any atom is 0.260 e. The fourth-order valence-corrected chi connectivity index (χ4v) is 6.60. The number of carbonyl (C=O) groups excluding carboxylic acids is 2. The number of ether oxygens (including phenoxy) is 1. The Balaban J connectivity index is 1.29. The van der Waals surface area contributed by atoms with Crippen LogP contribution >= 0.6 is 15.9 Å². The number of nitrogens with one attached hydrogen (secondary N) is 1. The van der Waals surface area contributed by atoms with Crippen LogP contribution in [-0.2, 0) is 21.4 Å². The van der Waals surface area contributed by atoms with Crippen molar-refractivity contribution in [3.05, 3.63) is 92.5 Å². The molecule has 1 fully saturated rings. The van der Waals surface area contributed by atoms with Crippen LogP contribution in [-0.4, -0.2) is 62.8 Å². The molecule has 1 heterocycles. The van der Waals surface area contributed by atoms with Crippen molar-refractivity contribution in [3.8, 4) is 5.75 Å². The molecule has 4 rings (SSSR count). The molecule has 0 atom stereocenters. The van der Waals surface area contributed by atoms with Gasteiger partial charge < -0.3 is 14.5 Å². The van der Waals surface area contributed by atoms with Gasteiger partial charge in [0.15, 0.2) is 6.61 Å². The summed E-state index contributed by atoms with van der Waals surface area (Å²) in [6.45, 7) is 9.26. The highest BCUT2D eigenvalue weighted by Crippen LogP contribution is 2.26. The minimum Gasteiger partial charge on any atom is -0.484 e. The van der Waals surface area contributed by atoms with Crippen molar-refractivity contribution < 1.29 is 22.7 Å². The first-order valence-electron chi connectivity index (χ1n) is 13.1. The van der Waals surface area contributed by atoms with E-state index in [1.165, 1.54) is 0 Å². The number of halogens is 1. The van der Waals surface area contributed by atoms with E-state index in [2.05, 4.69) is 20.7 Å². The fraction of sp³-hybridized carbons (Fsp3) is 0.333. The molecular formula is C30H34BrN3O5S. The zero-order chi connectivity index (χ0) is 29.0. The Kier molecular flexibility index (Phi) is 9.33. The smallest absolute Gasteiger partial charge is 0.260 e. The van der Waals surface area contributed by atoms with Crippen LogP contribution in [0.3, 0.4) is 0 Å². The second-order valence-electron chi connectivity index (χ2n) is 10.0. The predicted molar refractivity (Wildman–Crippen MR) is 158 cm³/mol. The Labute approximate surface area is 244 Å². The van der Waals surface area contributed by atoms with E-state index in [1.807, 2.05) is 45.9 Å². The number of carbonyl (C=O) groups is 2. The third-order valence-corrected chi connectivity index (χ3v) is 9.53. The summed E-state index contributed by atoms with van der Waals surface area (Å²) in [5.74, 6) is 0.386. The van der Waals surface area contributed by atoms with E-state index in [0.717, 1.165) is 32.3 Å². The van der Waals surface area contributed by atoms with Crippen LogP contribution in [0, 0.1) is 27.7 Å². The maximum absolute atomic E-state index is 13.1. The van der Waals surface area contributed by atoms with Crippen molar-refractivity contribution in [3.63, 3.8) is 0 Å². The summed E-state index contributed by atoms with van der Waals surface area (Å²) in [5, 5.41) is 0. The lowest BCUT2D eigenvalue weighted by atomic mass is 10.0. The van der Waals surface area contributed by atoms with Gasteiger partial charge in [-0.1, -0.05) is 34.1 Å². The van der Waals surface area contributed by atoms with Crippen LogP contribution in [0.1, 0.15) is 38.2 Å². The average molecular weight is 629 g/mol. The highest BCUT2D eigenvalue weighted by atomic mass is 79.9. The summed E-state index contributed by atoms with van der Waals surface area (Å²) in [6.07, 6.45) is 0. The molecule has 0 aliphatic carbocycles. The van der Waals surface area contributed by atoms with Crippen LogP contribution in [0.4, 0.5) is 0 Å². The number of benzene rings is 3. The van der Waals surface area contributed by atoms with E-state index in [-0.39, 0.29) is 25.0 Å². The predicted octanol–water partition coefficient (Wildman–Crippen LogP) is 4.52. The van der Waals surface area contributed by atoms with E-state index in [0.29, 0.717) is 42.4 Å². The molecule has 0 unspecified atom stereocenters. The van der Waals surface area contributed by atoms with Crippen LogP contribution in [0.2, 0.25) is 0 Å². The zero-order valence-corrected chi connectivity index (χ0v) is 25.6. The topological polar surface area (TPSA) is 96.0 Å². The Hall–Kier alpha value is -3.21. The molecule has 0 saturated carbocycles. The quantitative estimate of drug-likeness (QED) is 0.396. The van der Waals surface area contributed by atoms with Crippen LogP contribution in [0.15, 0.2) is 64.0 Å². The Morgan fingerprint density at radius 2 is 1.40 bits per heavy atom. The summed E-state index contributed by atoms with van der Waals surface area (Å²) in [5.41, 5.74) is 4.63. The van der Waals surface area contributed by atoms with Crippen LogP contribution in [0.5, 0.6) is 5.75 Å². The van der Waals surface area contributed by atoms with Gasteiger partial charge in [0.25, 0.3) is 11.8 Å². The number of piperazine rings is 1. The molecular weight excluding hydrogens is 594 g/mol. The number of hydrogen-bond donors (Lipinski definition) is 1. The molecule has 1 saturated heterocycles. The molecule has 0 aromatic heterocycles. The largest absolute Gasteiger partial charge is 0.484 e. The van der Waals surface area contributed by atoms with Gasteiger partial charge in [-0.2, -0.15) is 0 Å². The maximum atomic E-state index is 13.1. The number of hydrogen-bond acceptors (Lipinski definition) is 5. The third-order valence-electron chi connectivity index (χ3n) is 7.33. The summed E-state index contributed by atoms with van der Waals surface area (Å²) in [7, 11) is -3.71. The molecule has 1 aliphatic rings. The first-order chi connectivity index (χ1) is 19.0. The molecule has 1 aliphatic heterocycles. The minimum absolute atomic E-state index is 0.0522. The molecule has 3 aromatic carbocycles. The van der Waals surface area contributed by atoms with Gasteiger partial charge in [-0.25, -0.2) is 13.1 Å². The van der Waals surface area contributed by atoms with Gasteiger partial charge >= 0.3 is 0 Å². The Bertz CT molecular complexity index is 1470. The third kappa shape index (κ3) is 6.92. The molecule has 212 valence electrons. The van der Waals surface area contributed by atoms with E-state index in [4.69, 9.17) is 4.74 Å². The molecule has 10 heteroatoms. The van der Waals surface area contributed by atoms with E-state index < -0.39 is 10.0 Å². The lowest BCUT2D eigenvalue weighted by Gasteiger charge is -2.34. The summed E-state index contributed by atoms with van der Waals surface area (Å²) >= 11 is 3.37. The first kappa shape index (κ1) is 29.8. The molecule has 0 radical (unpaired) electrons. The second-order valence-corrected chi connectivity index (χ2v) is 12.6. The highest BCUT2D eigenvalue weighted by Gasteiger charge is 2.25. The van der Waals surface area contributed by atoms with Gasteiger partial charge in [-0.05, 0) is 91.9 Å². The Morgan fingerprint density at radius 3 is 1.98 bits per heavy atom. The molecule has 3 aromatic rings. The molecule has 8 nitrogen and oxygen atoms in total. The van der Waals surface area contributed by atoms with Crippen molar-refractivity contribution >= 4 is 37.8 Å². The number of sulfonamides is 1. The van der Waals surface area contributed by atoms with Gasteiger partial charge in [-0.15, -0.1) is 0 Å². The lowest BCUT2D eigenvalue weighted by Crippen LogP contribution is -2.51. The van der Waals surface area contributed by atoms with Crippen molar-refractivity contribution in [1.29, 1.82) is 0 Å². The van der Waals surface area contributed by atoms with Gasteiger partial charge in [0.1, 0.15) is 5.75 Å². The lowest BCUT2D eigenvalue weighted by molar-refractivity contribution is -0.134. The highest BCUT2D eigenvalue weighted by molar-refractivity contribution is 9.10. The number of aryl methyl sites for hydroxylation is 2. The normalized spacial score (nSPS) is 13.8. The molecule has 0 bridgehead atoms. The molecule has 40 heavy (non-hydrogen) atoms. The van der Waals surface area contributed by atoms with Crippen molar-refractivity contribution in [2.24, 2.45) is 0 Å². The first-order valence-corrected chi connectivity index (χ1v) is 15.4. The van der Waals surface area contributed by atoms with Gasteiger partial charge in [0, 0.05) is 42.8 Å². The summed E-state index contributed by atoms with van der Waals surface area (Å²) < 4.78 is 35.5. The SMILES string of the molecule is Cc1cc(C)c(C)c(S(=O)(=O)NCc2ccc(C(=O)N3CCN(C(=O)COc4ccc(Br)cc4)CC3)cc2)c1C. The van der Waals surface area contributed by atoms with Crippen molar-refractivity contribution in [1.82, 2.24) is 14.5 Å². The van der Waals surface area contributed by atoms with E-state index in [1.54, 1.807) is 46.2 Å². The van der Waals surface area contributed by atoms with Gasteiger partial charge in [0.2, 0.25) is 10.0 Å². The van der Waals surface area contributed by atoms with Gasteiger partial charge in [0.05, 0.1) is 4.90 Å². The molecule has 1 N–H and O–H groups in total. The van der Waals surface area contributed by atoms with E-state index in [9.17, 15) is 18.0 Å². The summed E-state index contributed by atoms with van der Waals surface area (Å²) in [4.78, 5) is 29.4. The number of rotatable bonds is 8. The summed E-state index contributed by atoms with van der Waals surface area (Å²) in [6, 6.07) is 16.2. The number of nitrogens with zero attached hydrogens (tertiary/aromatic N) is 2. The molecule has 2 amide bonds. The van der Waals surface area contributed by atoms with Crippen molar-refractivity contribution in [2.45, 2.75) is 39.1 Å². The monoisotopic (exact) mass is 627 g/mol. The number of amides is 2. The standard InChI is InChI=1S/C30H34BrN3O5S/c1-20-17-21(2)23(4)29(22(20)3)40(37,38)32-18-24-5-7-25(8-6-24)30(36)34-15-13-33(14-16-34)28(35)19-39-27-11-9-26(31)10-12-27/h5-12,17,32H,13-16,18-19H2,1-4H3. The zero-order valence-electron chi connectivity index (χ0n) is 23.2. The fourth-order valence-electron chi connectivity index (χ4n) is 4.71. The van der Waals surface area contributed by atoms with Gasteiger partial charge in [-0.3, -0.25) is 9.59 Å². The van der Waals surface area contributed by atoms with Crippen LogP contribution < -0.4 is 9.46 Å².